The molecule has 0 saturated heterocycles. The number of ether oxygens (including phenoxy) is 2. The van der Waals surface area contributed by atoms with E-state index in [1.165, 1.54) is 22.7 Å². The number of hydrogen-bond donors (Lipinski definition) is 4. The zero-order valence-corrected chi connectivity index (χ0v) is 30.1. The number of nitrogens with two attached hydrogens (primary N) is 2. The van der Waals surface area contributed by atoms with Gasteiger partial charge in [-0.1, -0.05) is 6.08 Å². The van der Waals surface area contributed by atoms with Crippen molar-refractivity contribution in [2.75, 3.05) is 23.7 Å². The van der Waals surface area contributed by atoms with Gasteiger partial charge in [0.15, 0.2) is 0 Å². The number of carbonyl (C=O) groups is 4. The van der Waals surface area contributed by atoms with Gasteiger partial charge in [-0.2, -0.15) is 0 Å². The molecule has 4 aliphatic heterocycles. The third-order valence-electron chi connectivity index (χ3n) is 8.13. The molecule has 6 N–H and O–H groups in total. The van der Waals surface area contributed by atoms with Crippen molar-refractivity contribution in [1.82, 2.24) is 0 Å². The fraction of sp³-hybridized carbons (Fsp3) is 0.471. The molecule has 0 atom stereocenters. The Bertz CT molecular complexity index is 1840. The third-order valence-corrected chi connectivity index (χ3v) is 11.0. The molecule has 4 aliphatic rings. The van der Waals surface area contributed by atoms with E-state index in [0.29, 0.717) is 58.3 Å². The van der Waals surface area contributed by atoms with Crippen molar-refractivity contribution in [2.24, 2.45) is 21.5 Å². The van der Waals surface area contributed by atoms with Crippen molar-refractivity contribution in [3.8, 4) is 0 Å². The maximum absolute atomic E-state index is 12.4. The first-order valence-corrected chi connectivity index (χ1v) is 17.2. The minimum absolute atomic E-state index is 0.258. The van der Waals surface area contributed by atoms with Gasteiger partial charge in [0.1, 0.15) is 15.7 Å². The minimum Gasteiger partial charge on any atom is -0.365 e. The molecule has 0 aromatic carbocycles. The fourth-order valence-corrected chi connectivity index (χ4v) is 9.21. The van der Waals surface area contributed by atoms with Crippen LogP contribution in [0.3, 0.4) is 0 Å². The van der Waals surface area contributed by atoms with Crippen molar-refractivity contribution >= 4 is 68.2 Å². The Labute approximate surface area is 287 Å². The molecule has 0 spiro atoms. The van der Waals surface area contributed by atoms with Gasteiger partial charge in [0.25, 0.3) is 23.6 Å². The lowest BCUT2D eigenvalue weighted by Crippen LogP contribution is -2.42. The fourth-order valence-electron chi connectivity index (χ4n) is 6.70. The number of nitrogens with one attached hydrogen (secondary N) is 2. The van der Waals surface area contributed by atoms with E-state index in [-0.39, 0.29) is 11.8 Å². The second-order valence-corrected chi connectivity index (χ2v) is 16.3. The molecule has 2 aromatic heterocycles. The topological polar surface area (TPSA) is 188 Å². The lowest BCUT2D eigenvalue weighted by Gasteiger charge is -2.41. The van der Waals surface area contributed by atoms with Gasteiger partial charge in [0, 0.05) is 34.4 Å². The highest BCUT2D eigenvalue weighted by atomic mass is 32.1. The number of hydrogen-bond acceptors (Lipinski definition) is 10. The first kappa shape index (κ1) is 35.3. The highest BCUT2D eigenvalue weighted by Gasteiger charge is 2.44. The normalized spacial score (nSPS) is 20.4. The second kappa shape index (κ2) is 12.5. The minimum atomic E-state index is -0.556. The van der Waals surface area contributed by atoms with Crippen molar-refractivity contribution in [3.05, 3.63) is 55.8 Å². The first-order valence-electron chi connectivity index (χ1n) is 15.6. The van der Waals surface area contributed by atoms with Crippen LogP contribution in [0.1, 0.15) is 97.0 Å². The Morgan fingerprint density at radius 2 is 1.25 bits per heavy atom. The number of aliphatic imine (C=N–C) groups is 2. The summed E-state index contributed by atoms with van der Waals surface area (Å²) in [5.74, 6) is -1.66. The Morgan fingerprint density at radius 1 is 0.771 bits per heavy atom. The SMILES string of the molecule is CC1(C)Cc2c(sc(NC(=O)C3=CC=NC3)c2C(N)=O)C(C)(C)O1.CC1(C)Cc2c(sc(NC(=O)C3=NCC=C3)c2C(N)=O)C(C)(C)O1. The molecule has 2 aromatic rings. The van der Waals surface area contributed by atoms with Crippen LogP contribution in [-0.2, 0) is 43.1 Å². The zero-order chi connectivity index (χ0) is 35.4. The van der Waals surface area contributed by atoms with Crippen molar-refractivity contribution in [3.63, 3.8) is 0 Å². The molecular formula is C34H42N6O6S2. The number of primary amides is 2. The highest BCUT2D eigenvalue weighted by molar-refractivity contribution is 7.17. The maximum Gasteiger partial charge on any atom is 0.274 e. The number of fused-ring (bicyclic) bond motifs is 2. The van der Waals surface area contributed by atoms with Crippen LogP contribution in [0.2, 0.25) is 0 Å². The number of carbonyl (C=O) groups excluding carboxylic acids is 4. The van der Waals surface area contributed by atoms with Gasteiger partial charge < -0.3 is 31.6 Å². The molecule has 0 aliphatic carbocycles. The summed E-state index contributed by atoms with van der Waals surface area (Å²) in [6.07, 6.45) is 7.89. The summed E-state index contributed by atoms with van der Waals surface area (Å²) in [5.41, 5.74) is 12.8. The molecular weight excluding hydrogens is 653 g/mol. The Morgan fingerprint density at radius 3 is 1.65 bits per heavy atom. The lowest BCUT2D eigenvalue weighted by molar-refractivity contribution is -0.136. The summed E-state index contributed by atoms with van der Waals surface area (Å²) in [6.45, 7) is 16.6. The molecule has 256 valence electrons. The van der Waals surface area contributed by atoms with Gasteiger partial charge >= 0.3 is 0 Å². The Balaban J connectivity index is 0.000000188. The van der Waals surface area contributed by atoms with E-state index >= 15 is 0 Å². The van der Waals surface area contributed by atoms with Gasteiger partial charge in [-0.05, 0) is 78.7 Å². The number of nitrogens with zero attached hydrogens (tertiary/aromatic N) is 2. The van der Waals surface area contributed by atoms with Gasteiger partial charge in [0.05, 0.1) is 46.6 Å². The molecule has 0 saturated carbocycles. The van der Waals surface area contributed by atoms with Gasteiger partial charge in [-0.15, -0.1) is 22.7 Å². The zero-order valence-electron chi connectivity index (χ0n) is 28.5. The number of rotatable bonds is 6. The molecule has 6 rings (SSSR count). The van der Waals surface area contributed by atoms with Crippen LogP contribution in [0.25, 0.3) is 0 Å². The lowest BCUT2D eigenvalue weighted by atomic mass is 9.86. The number of amides is 4. The number of thiophene rings is 2. The van der Waals surface area contributed by atoms with Crippen LogP contribution in [-0.4, -0.2) is 59.8 Å². The molecule has 6 heterocycles. The molecule has 12 nitrogen and oxygen atoms in total. The van der Waals surface area contributed by atoms with E-state index in [0.717, 1.165) is 20.9 Å². The highest BCUT2D eigenvalue weighted by Crippen LogP contribution is 2.49. The average molecular weight is 695 g/mol. The molecule has 48 heavy (non-hydrogen) atoms. The molecule has 4 amide bonds. The Hall–Kier alpha value is -3.98. The molecule has 0 bridgehead atoms. The average Bonchev–Trinajstić information content (AvgIpc) is 3.73. The van der Waals surface area contributed by atoms with Gasteiger partial charge in [0.2, 0.25) is 0 Å². The summed E-state index contributed by atoms with van der Waals surface area (Å²) in [4.78, 5) is 58.8. The van der Waals surface area contributed by atoms with Crippen molar-refractivity contribution in [1.29, 1.82) is 0 Å². The van der Waals surface area contributed by atoms with Gasteiger partial charge in [-0.25, -0.2) is 0 Å². The van der Waals surface area contributed by atoms with Crippen LogP contribution >= 0.6 is 22.7 Å². The summed E-state index contributed by atoms with van der Waals surface area (Å²) < 4.78 is 12.3. The largest absolute Gasteiger partial charge is 0.365 e. The monoisotopic (exact) mass is 694 g/mol. The third kappa shape index (κ3) is 7.07. The quantitative estimate of drug-likeness (QED) is 0.337. The summed E-state index contributed by atoms with van der Waals surface area (Å²) >= 11 is 2.71. The van der Waals surface area contributed by atoms with Crippen molar-refractivity contribution < 1.29 is 28.7 Å². The van der Waals surface area contributed by atoms with Crippen LogP contribution < -0.4 is 22.1 Å². The van der Waals surface area contributed by atoms with Crippen molar-refractivity contribution in [2.45, 2.75) is 90.6 Å². The maximum atomic E-state index is 12.4. The van der Waals surface area contributed by atoms with E-state index in [1.807, 2.05) is 61.5 Å². The number of anilines is 2. The summed E-state index contributed by atoms with van der Waals surface area (Å²) in [6, 6.07) is 0. The van der Waals surface area contributed by atoms with Gasteiger partial charge in [-0.3, -0.25) is 29.2 Å². The number of allylic oxidation sites excluding steroid dienone is 1. The molecule has 0 radical (unpaired) electrons. The van der Waals surface area contributed by atoms with E-state index in [2.05, 4.69) is 20.6 Å². The standard InChI is InChI=1S/2C17H21N3O3S/c1-16(2)7-10-11(13(18)21)15(24-12(10)17(3,4)23-16)20-14(22)9-5-6-19-8-9;1-16(2)8-9-11(13(18)21)15(24-12(9)17(3,4)23-16)20-14(22)10-6-5-7-19-10/h2*5-6H,7-8H2,1-4H3,(H2,18,21)(H,20,22). The van der Waals surface area contributed by atoms with Crippen LogP contribution in [0.15, 0.2) is 33.8 Å². The van der Waals surface area contributed by atoms with E-state index in [1.54, 1.807) is 18.4 Å². The summed E-state index contributed by atoms with van der Waals surface area (Å²) in [7, 11) is 0. The molecule has 14 heteroatoms. The van der Waals surface area contributed by atoms with Crippen LogP contribution in [0.5, 0.6) is 0 Å². The molecule has 0 fully saturated rings. The van der Waals surface area contributed by atoms with Crippen LogP contribution in [0.4, 0.5) is 10.0 Å². The van der Waals surface area contributed by atoms with E-state index < -0.39 is 34.2 Å². The predicted octanol–water partition coefficient (Wildman–Crippen LogP) is 4.77. The Kier molecular flexibility index (Phi) is 9.18. The molecule has 0 unspecified atom stereocenters. The van der Waals surface area contributed by atoms with Crippen LogP contribution in [0, 0.1) is 0 Å². The van der Waals surface area contributed by atoms with E-state index in [9.17, 15) is 19.2 Å². The van der Waals surface area contributed by atoms with E-state index in [4.69, 9.17) is 20.9 Å². The summed E-state index contributed by atoms with van der Waals surface area (Å²) in [5, 5.41) is 6.58. The predicted molar refractivity (Wildman–Crippen MR) is 190 cm³/mol. The first-order chi connectivity index (χ1) is 22.2. The second-order valence-electron chi connectivity index (χ2n) is 14.3. The smallest absolute Gasteiger partial charge is 0.274 e.